The molecule has 3 aliphatic rings. The van der Waals surface area contributed by atoms with Gasteiger partial charge in [-0.2, -0.15) is 0 Å². The molecule has 134 valence electrons. The van der Waals surface area contributed by atoms with Crippen molar-refractivity contribution in [2.45, 2.75) is 31.2 Å². The van der Waals surface area contributed by atoms with Gasteiger partial charge in [-0.25, -0.2) is 4.79 Å². The Kier molecular flexibility index (Phi) is 4.27. The van der Waals surface area contributed by atoms with Gasteiger partial charge in [0.1, 0.15) is 5.75 Å². The molecule has 2 saturated heterocycles. The standard InChI is InChI=1S/C19H25N3O3/c1-25-15-4-2-13(3-5-15)16-12-17(16)18(23)21-9-6-14(7-10-21)22-11-8-20-19(22)24/h2-5,14,16-17H,6-12H2,1H3,(H,20,24). The highest BCUT2D eigenvalue weighted by Gasteiger charge is 2.46. The molecule has 2 atom stereocenters. The number of nitrogens with zero attached hydrogens (tertiary/aromatic N) is 2. The van der Waals surface area contributed by atoms with Crippen molar-refractivity contribution in [2.24, 2.45) is 5.92 Å². The van der Waals surface area contributed by atoms with Crippen LogP contribution < -0.4 is 10.1 Å². The van der Waals surface area contributed by atoms with Crippen molar-refractivity contribution in [1.82, 2.24) is 15.1 Å². The lowest BCUT2D eigenvalue weighted by atomic mass is 10.0. The van der Waals surface area contributed by atoms with Crippen LogP contribution in [0.3, 0.4) is 0 Å². The highest BCUT2D eigenvalue weighted by atomic mass is 16.5. The van der Waals surface area contributed by atoms with Crippen molar-refractivity contribution < 1.29 is 14.3 Å². The summed E-state index contributed by atoms with van der Waals surface area (Å²) in [5.41, 5.74) is 1.22. The van der Waals surface area contributed by atoms with Gasteiger partial charge in [-0.1, -0.05) is 12.1 Å². The number of benzene rings is 1. The van der Waals surface area contributed by atoms with Gasteiger partial charge in [0.05, 0.1) is 7.11 Å². The minimum absolute atomic E-state index is 0.0477. The zero-order valence-corrected chi connectivity index (χ0v) is 14.6. The van der Waals surface area contributed by atoms with Crippen molar-refractivity contribution in [3.63, 3.8) is 0 Å². The van der Waals surface area contributed by atoms with Crippen LogP contribution in [-0.4, -0.2) is 61.1 Å². The van der Waals surface area contributed by atoms with Crippen molar-refractivity contribution in [2.75, 3.05) is 33.3 Å². The second kappa shape index (κ2) is 6.58. The lowest BCUT2D eigenvalue weighted by Crippen LogP contribution is -2.48. The number of nitrogens with one attached hydrogen (secondary N) is 1. The van der Waals surface area contributed by atoms with E-state index in [0.29, 0.717) is 5.92 Å². The zero-order valence-electron chi connectivity index (χ0n) is 14.6. The van der Waals surface area contributed by atoms with Gasteiger partial charge in [-0.3, -0.25) is 4.79 Å². The summed E-state index contributed by atoms with van der Waals surface area (Å²) in [7, 11) is 1.66. The van der Waals surface area contributed by atoms with Crippen LogP contribution in [0.5, 0.6) is 5.75 Å². The van der Waals surface area contributed by atoms with Gasteiger partial charge in [-0.05, 0) is 42.9 Å². The van der Waals surface area contributed by atoms with Gasteiger partial charge < -0.3 is 19.9 Å². The summed E-state index contributed by atoms with van der Waals surface area (Å²) in [4.78, 5) is 28.5. The van der Waals surface area contributed by atoms with Crippen LogP contribution in [0.15, 0.2) is 24.3 Å². The number of rotatable bonds is 4. The number of methoxy groups -OCH3 is 1. The Labute approximate surface area is 148 Å². The van der Waals surface area contributed by atoms with E-state index in [9.17, 15) is 9.59 Å². The largest absolute Gasteiger partial charge is 0.497 e. The molecule has 1 aromatic carbocycles. The van der Waals surface area contributed by atoms with Gasteiger partial charge in [0.15, 0.2) is 0 Å². The average molecular weight is 343 g/mol. The molecule has 1 aliphatic carbocycles. The van der Waals surface area contributed by atoms with Crippen LogP contribution in [-0.2, 0) is 4.79 Å². The van der Waals surface area contributed by atoms with E-state index in [1.807, 2.05) is 21.9 Å². The van der Waals surface area contributed by atoms with Crippen molar-refractivity contribution >= 4 is 11.9 Å². The molecule has 6 heteroatoms. The van der Waals surface area contributed by atoms with Crippen LogP contribution in [0, 0.1) is 5.92 Å². The first-order valence-electron chi connectivity index (χ1n) is 9.14. The number of carbonyl (C=O) groups is 2. The lowest BCUT2D eigenvalue weighted by molar-refractivity contribution is -0.134. The van der Waals surface area contributed by atoms with Crippen molar-refractivity contribution in [1.29, 1.82) is 0 Å². The molecule has 1 aromatic rings. The van der Waals surface area contributed by atoms with E-state index >= 15 is 0 Å². The average Bonchev–Trinajstić information content (AvgIpc) is 3.35. The summed E-state index contributed by atoms with van der Waals surface area (Å²) in [5.74, 6) is 1.60. The van der Waals surface area contributed by atoms with Crippen molar-refractivity contribution in [3.05, 3.63) is 29.8 Å². The monoisotopic (exact) mass is 343 g/mol. The first-order chi connectivity index (χ1) is 12.2. The number of carbonyl (C=O) groups excluding carboxylic acids is 2. The normalized spacial score (nSPS) is 26.5. The van der Waals surface area contributed by atoms with Gasteiger partial charge >= 0.3 is 6.03 Å². The lowest BCUT2D eigenvalue weighted by Gasteiger charge is -2.36. The Hall–Kier alpha value is -2.24. The van der Waals surface area contributed by atoms with E-state index in [0.717, 1.165) is 51.2 Å². The maximum atomic E-state index is 12.8. The molecule has 2 aliphatic heterocycles. The van der Waals surface area contributed by atoms with E-state index in [-0.39, 0.29) is 23.9 Å². The number of hydrogen-bond donors (Lipinski definition) is 1. The van der Waals surface area contributed by atoms with Crippen LogP contribution in [0.2, 0.25) is 0 Å². The Morgan fingerprint density at radius 2 is 1.88 bits per heavy atom. The van der Waals surface area contributed by atoms with Gasteiger partial charge in [0.2, 0.25) is 5.91 Å². The zero-order chi connectivity index (χ0) is 17.4. The molecule has 0 aromatic heterocycles. The smallest absolute Gasteiger partial charge is 0.317 e. The van der Waals surface area contributed by atoms with E-state index in [4.69, 9.17) is 4.74 Å². The maximum absolute atomic E-state index is 12.8. The van der Waals surface area contributed by atoms with Crippen LogP contribution in [0.1, 0.15) is 30.7 Å². The molecule has 25 heavy (non-hydrogen) atoms. The minimum Gasteiger partial charge on any atom is -0.497 e. The number of ether oxygens (including phenoxy) is 1. The first kappa shape index (κ1) is 16.2. The SMILES string of the molecule is COc1ccc(C2CC2C(=O)N2CCC(N3CCNC3=O)CC2)cc1. The third-order valence-corrected chi connectivity index (χ3v) is 5.76. The molecule has 3 fully saturated rings. The summed E-state index contributed by atoms with van der Waals surface area (Å²) in [6, 6.07) is 8.38. The number of hydrogen-bond acceptors (Lipinski definition) is 3. The number of amides is 3. The fraction of sp³-hybridized carbons (Fsp3) is 0.579. The Morgan fingerprint density at radius 1 is 1.16 bits per heavy atom. The predicted octanol–water partition coefficient (Wildman–Crippen LogP) is 1.81. The van der Waals surface area contributed by atoms with Crippen molar-refractivity contribution in [3.8, 4) is 5.75 Å². The Bertz CT molecular complexity index is 652. The molecule has 4 rings (SSSR count). The van der Waals surface area contributed by atoms with Gasteiger partial charge in [0, 0.05) is 38.1 Å². The summed E-state index contributed by atoms with van der Waals surface area (Å²) in [5, 5.41) is 2.86. The molecular formula is C19H25N3O3. The summed E-state index contributed by atoms with van der Waals surface area (Å²) < 4.78 is 5.19. The summed E-state index contributed by atoms with van der Waals surface area (Å²) in [6.45, 7) is 3.06. The molecule has 1 N–H and O–H groups in total. The molecule has 0 radical (unpaired) electrons. The fourth-order valence-electron chi connectivity index (χ4n) is 4.15. The molecule has 3 amide bonds. The molecule has 6 nitrogen and oxygen atoms in total. The number of piperidine rings is 1. The highest BCUT2D eigenvalue weighted by molar-refractivity contribution is 5.83. The summed E-state index contributed by atoms with van der Waals surface area (Å²) in [6.07, 6.45) is 2.72. The Balaban J connectivity index is 1.30. The van der Waals surface area contributed by atoms with Crippen LogP contribution in [0.25, 0.3) is 0 Å². The van der Waals surface area contributed by atoms with Gasteiger partial charge in [0.25, 0.3) is 0 Å². The highest BCUT2D eigenvalue weighted by Crippen LogP contribution is 2.49. The maximum Gasteiger partial charge on any atom is 0.317 e. The molecular weight excluding hydrogens is 318 g/mol. The summed E-state index contributed by atoms with van der Waals surface area (Å²) >= 11 is 0. The topological polar surface area (TPSA) is 61.9 Å². The molecule has 0 bridgehead atoms. The third kappa shape index (κ3) is 3.17. The van der Waals surface area contributed by atoms with Crippen LogP contribution >= 0.6 is 0 Å². The quantitative estimate of drug-likeness (QED) is 0.907. The first-order valence-corrected chi connectivity index (χ1v) is 9.14. The second-order valence-corrected chi connectivity index (χ2v) is 7.20. The fourth-order valence-corrected chi connectivity index (χ4v) is 4.15. The molecule has 2 heterocycles. The molecule has 2 unspecified atom stereocenters. The van der Waals surface area contributed by atoms with E-state index in [2.05, 4.69) is 17.4 Å². The second-order valence-electron chi connectivity index (χ2n) is 7.20. The minimum atomic E-state index is 0.0477. The van der Waals surface area contributed by atoms with E-state index in [1.54, 1.807) is 7.11 Å². The molecule has 1 saturated carbocycles. The molecule has 0 spiro atoms. The number of likely N-dealkylation sites (tertiary alicyclic amines) is 1. The van der Waals surface area contributed by atoms with Crippen LogP contribution in [0.4, 0.5) is 4.79 Å². The van der Waals surface area contributed by atoms with E-state index < -0.39 is 0 Å². The van der Waals surface area contributed by atoms with E-state index in [1.165, 1.54) is 5.56 Å². The predicted molar refractivity (Wildman–Crippen MR) is 93.5 cm³/mol. The van der Waals surface area contributed by atoms with Gasteiger partial charge in [-0.15, -0.1) is 0 Å². The Morgan fingerprint density at radius 3 is 2.48 bits per heavy atom. The number of urea groups is 1. The third-order valence-electron chi connectivity index (χ3n) is 5.76.